The van der Waals surface area contributed by atoms with Crippen LogP contribution in [0.15, 0.2) is 18.2 Å². The molecule has 0 spiro atoms. The fraction of sp³-hybridized carbons (Fsp3) is 0.679. The Labute approximate surface area is 217 Å². The molecule has 0 bridgehead atoms. The number of hydrogen-bond donors (Lipinski definition) is 2. The van der Waals surface area contributed by atoms with E-state index in [1.165, 1.54) is 11.3 Å². The van der Waals surface area contributed by atoms with E-state index in [0.717, 1.165) is 35.0 Å². The third-order valence-corrected chi connectivity index (χ3v) is 9.18. The van der Waals surface area contributed by atoms with E-state index in [4.69, 9.17) is 9.47 Å². The molecule has 2 fully saturated rings. The number of benzene rings is 1. The number of ketones is 1. The van der Waals surface area contributed by atoms with Crippen molar-refractivity contribution in [2.45, 2.75) is 104 Å². The van der Waals surface area contributed by atoms with E-state index < -0.39 is 23.5 Å². The van der Waals surface area contributed by atoms with Crippen molar-refractivity contribution in [2.75, 3.05) is 0 Å². The van der Waals surface area contributed by atoms with Crippen molar-refractivity contribution in [2.24, 2.45) is 17.3 Å². The standard InChI is InChI=1S/C28H39NO6S/c1-16-7-6-11-28(5)22(35-28)14-20(18-8-9-21-19(13-18)29-23(15-30)36-21)34-24(31)10-12-27(3,4)26(33)17(2)25(16)32/h8-9,13,16-17,20,22,25,30,32H,6-7,10-12,14-15H2,1-5H3/t16-,17+,20?,22?,25?,28+/m0/s1. The highest BCUT2D eigenvalue weighted by Crippen LogP contribution is 2.46. The first kappa shape index (κ1) is 27.2. The number of epoxide rings is 1. The average molecular weight is 518 g/mol. The summed E-state index contributed by atoms with van der Waals surface area (Å²) in [4.78, 5) is 30.7. The second-order valence-corrected chi connectivity index (χ2v) is 12.6. The fourth-order valence-electron chi connectivity index (χ4n) is 5.48. The summed E-state index contributed by atoms with van der Waals surface area (Å²) >= 11 is 1.44. The van der Waals surface area contributed by atoms with Gasteiger partial charge in [0.25, 0.3) is 0 Å². The van der Waals surface area contributed by atoms with Crippen LogP contribution < -0.4 is 0 Å². The number of esters is 1. The van der Waals surface area contributed by atoms with Crippen LogP contribution in [-0.4, -0.2) is 44.8 Å². The molecule has 1 aromatic carbocycles. The lowest BCUT2D eigenvalue weighted by Gasteiger charge is -2.31. The van der Waals surface area contributed by atoms with E-state index in [1.54, 1.807) is 6.92 Å². The lowest BCUT2D eigenvalue weighted by Crippen LogP contribution is -2.39. The van der Waals surface area contributed by atoms with Gasteiger partial charge in [-0.1, -0.05) is 40.2 Å². The van der Waals surface area contributed by atoms with E-state index in [2.05, 4.69) is 11.9 Å². The summed E-state index contributed by atoms with van der Waals surface area (Å²) in [6.45, 7) is 9.46. The number of carbonyl (C=O) groups is 2. The summed E-state index contributed by atoms with van der Waals surface area (Å²) in [7, 11) is 0. The Kier molecular flexibility index (Phi) is 7.91. The number of ether oxygens (including phenoxy) is 2. The van der Waals surface area contributed by atoms with Gasteiger partial charge in [-0.2, -0.15) is 0 Å². The molecule has 3 unspecified atom stereocenters. The number of aliphatic hydroxyl groups excluding tert-OH is 2. The van der Waals surface area contributed by atoms with Crippen LogP contribution in [0.5, 0.6) is 0 Å². The molecule has 4 rings (SSSR count). The zero-order chi connectivity index (χ0) is 26.3. The van der Waals surface area contributed by atoms with Gasteiger partial charge in [-0.15, -0.1) is 11.3 Å². The lowest BCUT2D eigenvalue weighted by molar-refractivity contribution is -0.151. The Bertz CT molecular complexity index is 1110. The molecule has 1 aromatic heterocycles. The highest BCUT2D eigenvalue weighted by Gasteiger charge is 2.52. The summed E-state index contributed by atoms with van der Waals surface area (Å²) in [5.41, 5.74) is 0.595. The Morgan fingerprint density at radius 3 is 2.64 bits per heavy atom. The van der Waals surface area contributed by atoms with Gasteiger partial charge in [-0.25, -0.2) is 4.98 Å². The molecule has 7 nitrogen and oxygen atoms in total. The van der Waals surface area contributed by atoms with Gasteiger partial charge in [0.05, 0.1) is 34.6 Å². The van der Waals surface area contributed by atoms with Crippen molar-refractivity contribution in [3.8, 4) is 0 Å². The second-order valence-electron chi connectivity index (χ2n) is 11.5. The smallest absolute Gasteiger partial charge is 0.306 e. The largest absolute Gasteiger partial charge is 0.457 e. The monoisotopic (exact) mass is 517 g/mol. The maximum Gasteiger partial charge on any atom is 0.306 e. The zero-order valence-corrected chi connectivity index (χ0v) is 22.8. The van der Waals surface area contributed by atoms with Gasteiger partial charge >= 0.3 is 5.97 Å². The SMILES string of the molecule is C[C@H]1CCC[C@@]2(C)OC2CC(c2ccc3sc(CO)nc3c2)OC(=O)CCC(C)(C)C(=O)[C@H](C)C1O. The van der Waals surface area contributed by atoms with Crippen LogP contribution in [0.2, 0.25) is 0 Å². The molecule has 0 aliphatic carbocycles. The molecule has 3 heterocycles. The maximum absolute atomic E-state index is 13.2. The normalized spacial score (nSPS) is 34.2. The van der Waals surface area contributed by atoms with Gasteiger partial charge in [-0.05, 0) is 49.8 Å². The number of thiazole rings is 1. The average Bonchev–Trinajstić information content (AvgIpc) is 3.28. The number of Topliss-reactive ketones (excluding diaryl/α,β-unsaturated/α-hetero) is 1. The predicted octanol–water partition coefficient (Wildman–Crippen LogP) is 5.11. The maximum atomic E-state index is 13.2. The van der Waals surface area contributed by atoms with Crippen LogP contribution >= 0.6 is 11.3 Å². The van der Waals surface area contributed by atoms with Crippen LogP contribution in [-0.2, 0) is 25.7 Å². The molecule has 2 aliphatic rings. The number of nitrogens with zero attached hydrogens (tertiary/aromatic N) is 1. The molecular formula is C28H39NO6S. The van der Waals surface area contributed by atoms with E-state index in [1.807, 2.05) is 39.0 Å². The highest BCUT2D eigenvalue weighted by molar-refractivity contribution is 7.18. The number of aromatic nitrogens is 1. The van der Waals surface area contributed by atoms with E-state index >= 15 is 0 Å². The summed E-state index contributed by atoms with van der Waals surface area (Å²) in [6.07, 6.45) is 2.33. The Morgan fingerprint density at radius 2 is 1.92 bits per heavy atom. The van der Waals surface area contributed by atoms with Gasteiger partial charge < -0.3 is 19.7 Å². The number of fused-ring (bicyclic) bond motifs is 2. The molecule has 36 heavy (non-hydrogen) atoms. The topological polar surface area (TPSA) is 109 Å². The molecule has 0 radical (unpaired) electrons. The number of rotatable bonds is 2. The molecule has 2 aliphatic heterocycles. The van der Waals surface area contributed by atoms with E-state index in [-0.39, 0.29) is 42.4 Å². The van der Waals surface area contributed by atoms with Crippen molar-refractivity contribution in [1.29, 1.82) is 0 Å². The molecule has 2 aromatic rings. The molecule has 0 amide bonds. The van der Waals surface area contributed by atoms with Crippen molar-refractivity contribution in [3.05, 3.63) is 28.8 Å². The van der Waals surface area contributed by atoms with Crippen LogP contribution in [0.1, 0.15) is 89.8 Å². The molecule has 6 atom stereocenters. The zero-order valence-electron chi connectivity index (χ0n) is 22.0. The predicted molar refractivity (Wildman–Crippen MR) is 138 cm³/mol. The Hall–Kier alpha value is -1.87. The van der Waals surface area contributed by atoms with Crippen molar-refractivity contribution in [1.82, 2.24) is 4.98 Å². The first-order valence-electron chi connectivity index (χ1n) is 13.0. The van der Waals surface area contributed by atoms with Gasteiger partial charge in [0, 0.05) is 24.2 Å². The minimum Gasteiger partial charge on any atom is -0.457 e. The first-order chi connectivity index (χ1) is 16.9. The minimum absolute atomic E-state index is 0.000167. The van der Waals surface area contributed by atoms with Crippen molar-refractivity contribution < 1.29 is 29.3 Å². The van der Waals surface area contributed by atoms with Crippen LogP contribution in [0.4, 0.5) is 0 Å². The Balaban J connectivity index is 1.58. The lowest BCUT2D eigenvalue weighted by atomic mass is 9.74. The van der Waals surface area contributed by atoms with Gasteiger partial charge in [0.1, 0.15) is 16.9 Å². The van der Waals surface area contributed by atoms with Crippen LogP contribution in [0.3, 0.4) is 0 Å². The summed E-state index contributed by atoms with van der Waals surface area (Å²) in [6, 6.07) is 5.84. The number of cyclic esters (lactones) is 1. The van der Waals surface area contributed by atoms with E-state index in [0.29, 0.717) is 17.8 Å². The second kappa shape index (κ2) is 10.5. The quantitative estimate of drug-likeness (QED) is 0.421. The molecule has 0 saturated carbocycles. The number of carbonyl (C=O) groups excluding carboxylic acids is 2. The van der Waals surface area contributed by atoms with E-state index in [9.17, 15) is 19.8 Å². The summed E-state index contributed by atoms with van der Waals surface area (Å²) < 4.78 is 13.1. The summed E-state index contributed by atoms with van der Waals surface area (Å²) in [5.74, 6) is -0.878. The number of hydrogen-bond acceptors (Lipinski definition) is 8. The molecule has 198 valence electrons. The molecule has 8 heteroatoms. The van der Waals surface area contributed by atoms with Crippen LogP contribution in [0, 0.1) is 17.3 Å². The van der Waals surface area contributed by atoms with Crippen LogP contribution in [0.25, 0.3) is 10.2 Å². The summed E-state index contributed by atoms with van der Waals surface area (Å²) in [5, 5.41) is 20.9. The van der Waals surface area contributed by atoms with Gasteiger partial charge in [0.15, 0.2) is 0 Å². The van der Waals surface area contributed by atoms with Gasteiger partial charge in [0.2, 0.25) is 0 Å². The molecule has 2 saturated heterocycles. The van der Waals surface area contributed by atoms with Crippen molar-refractivity contribution in [3.63, 3.8) is 0 Å². The molecule has 2 N–H and O–H groups in total. The van der Waals surface area contributed by atoms with Crippen molar-refractivity contribution >= 4 is 33.3 Å². The Morgan fingerprint density at radius 1 is 1.17 bits per heavy atom. The number of aliphatic hydroxyl groups is 2. The third kappa shape index (κ3) is 5.82. The molecular weight excluding hydrogens is 478 g/mol. The first-order valence-corrected chi connectivity index (χ1v) is 13.8. The third-order valence-electron chi connectivity index (χ3n) is 8.16. The van der Waals surface area contributed by atoms with Gasteiger partial charge in [-0.3, -0.25) is 9.59 Å². The minimum atomic E-state index is -0.746. The highest BCUT2D eigenvalue weighted by atomic mass is 32.1. The fourth-order valence-corrected chi connectivity index (χ4v) is 6.29.